The van der Waals surface area contributed by atoms with Crippen molar-refractivity contribution in [1.82, 2.24) is 4.90 Å². The molecule has 164 valence electrons. The minimum Gasteiger partial charge on any atom is -0.504 e. The summed E-state index contributed by atoms with van der Waals surface area (Å²) in [5.74, 6) is -0.0824. The number of phenols is 2. The molecular weight excluding hydrogens is 410 g/mol. The summed E-state index contributed by atoms with van der Waals surface area (Å²) in [7, 11) is 5.63. The lowest BCUT2D eigenvalue weighted by Crippen LogP contribution is -2.54. The highest BCUT2D eigenvalue weighted by Gasteiger charge is 2.54. The van der Waals surface area contributed by atoms with E-state index in [1.807, 2.05) is 25.1 Å². The van der Waals surface area contributed by atoms with Gasteiger partial charge >= 0.3 is 0 Å². The lowest BCUT2D eigenvalue weighted by atomic mass is 9.57. The van der Waals surface area contributed by atoms with Crippen LogP contribution in [0.15, 0.2) is 53.1 Å². The molecule has 0 saturated carbocycles. The summed E-state index contributed by atoms with van der Waals surface area (Å²) in [6.07, 6.45) is 2.14. The quantitative estimate of drug-likeness (QED) is 0.681. The zero-order chi connectivity index (χ0) is 22.5. The average Bonchev–Trinajstić information content (AvgIpc) is 2.70. The van der Waals surface area contributed by atoms with E-state index in [4.69, 9.17) is 4.74 Å². The summed E-state index contributed by atoms with van der Waals surface area (Å²) in [6, 6.07) is 11.9. The number of carbonyl (C=O) groups excluding carboxylic acids is 1. The maximum absolute atomic E-state index is 12.8. The van der Waals surface area contributed by atoms with Crippen molar-refractivity contribution in [3.8, 4) is 11.5 Å². The normalized spacial score (nSPS) is 27.5. The molecule has 0 spiro atoms. The number of benzene rings is 2. The highest BCUT2D eigenvalue weighted by molar-refractivity contribution is 7.99. The number of fused-ring (bicyclic) bond motifs is 3. The molecule has 0 aliphatic heterocycles. The Kier molecular flexibility index (Phi) is 5.56. The number of hydrogen-bond donors (Lipinski definition) is 2. The molecule has 0 fully saturated rings. The van der Waals surface area contributed by atoms with Gasteiger partial charge in [-0.25, -0.2) is 0 Å². The van der Waals surface area contributed by atoms with E-state index in [1.165, 1.54) is 12.7 Å². The molecule has 4 rings (SSSR count). The molecule has 2 N–H and O–H groups in total. The van der Waals surface area contributed by atoms with Crippen LogP contribution in [0.25, 0.3) is 0 Å². The first-order chi connectivity index (χ1) is 14.7. The fraction of sp³-hybridized carbons (Fsp3) is 0.400. The first-order valence-corrected chi connectivity index (χ1v) is 11.3. The molecule has 5 nitrogen and oxygen atoms in total. The molecule has 0 saturated heterocycles. The van der Waals surface area contributed by atoms with Crippen molar-refractivity contribution in [2.75, 3.05) is 21.2 Å². The molecule has 0 amide bonds. The first kappa shape index (κ1) is 21.8. The summed E-state index contributed by atoms with van der Waals surface area (Å²) in [5, 5.41) is 21.3. The average molecular weight is 440 g/mol. The van der Waals surface area contributed by atoms with E-state index in [0.717, 1.165) is 10.5 Å². The van der Waals surface area contributed by atoms with Crippen LogP contribution in [-0.2, 0) is 14.9 Å². The zero-order valence-electron chi connectivity index (χ0n) is 18.5. The van der Waals surface area contributed by atoms with Crippen LogP contribution in [-0.4, -0.2) is 48.1 Å². The van der Waals surface area contributed by atoms with E-state index in [-0.39, 0.29) is 40.9 Å². The highest BCUT2D eigenvalue weighted by Crippen LogP contribution is 2.60. The van der Waals surface area contributed by atoms with Crippen molar-refractivity contribution in [2.45, 2.75) is 41.9 Å². The van der Waals surface area contributed by atoms with Crippen LogP contribution >= 0.6 is 11.8 Å². The molecule has 2 aromatic carbocycles. The van der Waals surface area contributed by atoms with Crippen molar-refractivity contribution in [3.05, 3.63) is 64.9 Å². The van der Waals surface area contributed by atoms with Gasteiger partial charge in [-0.05, 0) is 50.9 Å². The molecule has 0 heterocycles. The Bertz CT molecular complexity index is 1060. The number of ketones is 1. The number of nitrogens with zero attached hydrogens (tertiary/aromatic N) is 1. The third-order valence-corrected chi connectivity index (χ3v) is 8.00. The van der Waals surface area contributed by atoms with Gasteiger partial charge in [0.25, 0.3) is 0 Å². The Labute approximate surface area is 187 Å². The number of carbonyl (C=O) groups is 1. The SMILES string of the molecule is COC1=CC2[C@@H](N(C)C)[C@H](Sc3cccc(C)c3)c3ccc(O)c(O)c3[C@]2(C)CC1=O. The highest BCUT2D eigenvalue weighted by atomic mass is 32.2. The fourth-order valence-corrected chi connectivity index (χ4v) is 6.84. The summed E-state index contributed by atoms with van der Waals surface area (Å²) in [5.41, 5.74) is 2.16. The molecule has 0 bridgehead atoms. The second kappa shape index (κ2) is 7.92. The van der Waals surface area contributed by atoms with Gasteiger partial charge < -0.3 is 19.8 Å². The van der Waals surface area contributed by atoms with E-state index in [9.17, 15) is 15.0 Å². The van der Waals surface area contributed by atoms with E-state index in [1.54, 1.807) is 17.8 Å². The Morgan fingerprint density at radius 1 is 1.19 bits per heavy atom. The van der Waals surface area contributed by atoms with Gasteiger partial charge in [0.1, 0.15) is 0 Å². The number of hydrogen-bond acceptors (Lipinski definition) is 6. The lowest BCUT2D eigenvalue weighted by Gasteiger charge is -2.53. The van der Waals surface area contributed by atoms with Gasteiger partial charge in [0.2, 0.25) is 0 Å². The molecule has 31 heavy (non-hydrogen) atoms. The van der Waals surface area contributed by atoms with Gasteiger partial charge in [0.05, 0.1) is 12.4 Å². The molecule has 0 aromatic heterocycles. The van der Waals surface area contributed by atoms with E-state index in [0.29, 0.717) is 11.3 Å². The van der Waals surface area contributed by atoms with Gasteiger partial charge in [0.15, 0.2) is 23.0 Å². The van der Waals surface area contributed by atoms with Gasteiger partial charge in [-0.1, -0.05) is 30.7 Å². The molecule has 2 aliphatic carbocycles. The lowest BCUT2D eigenvalue weighted by molar-refractivity contribution is -0.121. The minimum atomic E-state index is -0.657. The second-order valence-electron chi connectivity index (χ2n) is 8.98. The Morgan fingerprint density at radius 2 is 1.94 bits per heavy atom. The fourth-order valence-electron chi connectivity index (χ4n) is 5.26. The standard InChI is InChI=1S/C25H29NO4S/c1-14-7-6-8-15(11-14)31-24-16-9-10-18(27)23(29)21(16)25(2)13-19(28)20(30-5)12-17(25)22(24)26(3)4/h6-12,17,22,24,27,29H,13H2,1-5H3/t17?,22-,24-,25-/m1/s1. The first-order valence-electron chi connectivity index (χ1n) is 10.4. The number of aromatic hydroxyl groups is 2. The van der Waals surface area contributed by atoms with E-state index < -0.39 is 5.41 Å². The summed E-state index contributed by atoms with van der Waals surface area (Å²) < 4.78 is 5.41. The third-order valence-electron chi connectivity index (χ3n) is 6.68. The Balaban J connectivity index is 1.96. The molecule has 1 unspecified atom stereocenters. The third kappa shape index (κ3) is 3.52. The van der Waals surface area contributed by atoms with Crippen molar-refractivity contribution in [1.29, 1.82) is 0 Å². The van der Waals surface area contributed by atoms with E-state index in [2.05, 4.69) is 44.1 Å². The van der Waals surface area contributed by atoms with Crippen LogP contribution in [0, 0.1) is 12.8 Å². The number of Topliss-reactive ketones (excluding diaryl/α,β-unsaturated/α-hetero) is 1. The van der Waals surface area contributed by atoms with Crippen LogP contribution < -0.4 is 0 Å². The molecule has 2 aliphatic rings. The smallest absolute Gasteiger partial charge is 0.197 e. The topological polar surface area (TPSA) is 70.0 Å². The number of likely N-dealkylation sites (N-methyl/N-ethyl adjacent to an activating group) is 1. The predicted molar refractivity (Wildman–Crippen MR) is 123 cm³/mol. The van der Waals surface area contributed by atoms with Crippen molar-refractivity contribution < 1.29 is 19.7 Å². The van der Waals surface area contributed by atoms with Crippen LogP contribution in [0.1, 0.15) is 35.3 Å². The van der Waals surface area contributed by atoms with Crippen molar-refractivity contribution in [2.24, 2.45) is 5.92 Å². The number of ether oxygens (including phenoxy) is 1. The number of aryl methyl sites for hydroxylation is 1. The van der Waals surface area contributed by atoms with E-state index >= 15 is 0 Å². The minimum absolute atomic E-state index is 0.0149. The van der Waals surface area contributed by atoms with Gasteiger partial charge in [0, 0.05) is 34.3 Å². The maximum Gasteiger partial charge on any atom is 0.197 e. The maximum atomic E-state index is 12.8. The van der Waals surface area contributed by atoms with Crippen LogP contribution in [0.3, 0.4) is 0 Å². The zero-order valence-corrected chi connectivity index (χ0v) is 19.4. The summed E-state index contributed by atoms with van der Waals surface area (Å²) >= 11 is 1.75. The number of thioether (sulfide) groups is 1. The molecular formula is C25H29NO4S. The Morgan fingerprint density at radius 3 is 2.58 bits per heavy atom. The monoisotopic (exact) mass is 439 g/mol. The predicted octanol–water partition coefficient (Wildman–Crippen LogP) is 4.56. The van der Waals surface area contributed by atoms with Crippen LogP contribution in [0.2, 0.25) is 0 Å². The van der Waals surface area contributed by atoms with Gasteiger partial charge in [-0.2, -0.15) is 0 Å². The van der Waals surface area contributed by atoms with Gasteiger partial charge in [-0.3, -0.25) is 4.79 Å². The summed E-state index contributed by atoms with van der Waals surface area (Å²) in [6.45, 7) is 4.09. The number of rotatable bonds is 4. The number of allylic oxidation sites excluding steroid dienone is 1. The second-order valence-corrected chi connectivity index (χ2v) is 10.2. The largest absolute Gasteiger partial charge is 0.504 e. The van der Waals surface area contributed by atoms with Gasteiger partial charge in [-0.15, -0.1) is 11.8 Å². The van der Waals surface area contributed by atoms with Crippen molar-refractivity contribution >= 4 is 17.5 Å². The molecule has 4 atom stereocenters. The number of phenolic OH excluding ortho intramolecular Hbond substituents is 2. The number of methoxy groups -OCH3 is 1. The Hall–Kier alpha value is -2.44. The van der Waals surface area contributed by atoms with Crippen LogP contribution in [0.4, 0.5) is 0 Å². The molecule has 0 radical (unpaired) electrons. The summed E-state index contributed by atoms with van der Waals surface area (Å²) in [4.78, 5) is 16.2. The molecule has 2 aromatic rings. The van der Waals surface area contributed by atoms with Crippen LogP contribution in [0.5, 0.6) is 11.5 Å². The molecule has 6 heteroatoms. The van der Waals surface area contributed by atoms with Crippen molar-refractivity contribution in [3.63, 3.8) is 0 Å².